The average Bonchev–Trinajstić information content (AvgIpc) is 3.28. The van der Waals surface area contributed by atoms with Crippen LogP contribution in [0.2, 0.25) is 0 Å². The van der Waals surface area contributed by atoms with Crippen molar-refractivity contribution in [3.05, 3.63) is 23.8 Å². The Morgan fingerprint density at radius 3 is 2.75 bits per heavy atom. The minimum atomic E-state index is 0.710. The van der Waals surface area contributed by atoms with Crippen LogP contribution < -0.4 is 14.8 Å². The Balaban J connectivity index is 1.92. The zero-order valence-electron chi connectivity index (χ0n) is 12.5. The van der Waals surface area contributed by atoms with Gasteiger partial charge in [0.25, 0.3) is 0 Å². The minimum absolute atomic E-state index is 0.710. The largest absolute Gasteiger partial charge is 0.493 e. The molecule has 0 aliphatic heterocycles. The first-order chi connectivity index (χ1) is 9.85. The van der Waals surface area contributed by atoms with Gasteiger partial charge in [0.05, 0.1) is 20.3 Å². The topological polar surface area (TPSA) is 39.7 Å². The predicted octanol–water partition coefficient (Wildman–Crippen LogP) is 2.61. The molecule has 0 heterocycles. The summed E-state index contributed by atoms with van der Waals surface area (Å²) in [6.07, 6.45) is 3.87. The highest BCUT2D eigenvalue weighted by Crippen LogP contribution is 2.34. The lowest BCUT2D eigenvalue weighted by molar-refractivity contribution is 0.199. The number of hydrogen-bond donors (Lipinski definition) is 1. The first-order valence-corrected chi connectivity index (χ1v) is 7.33. The van der Waals surface area contributed by atoms with Crippen LogP contribution in [0.25, 0.3) is 0 Å². The molecule has 112 valence electrons. The molecule has 0 saturated heterocycles. The molecule has 1 N–H and O–H groups in total. The summed E-state index contributed by atoms with van der Waals surface area (Å²) in [6, 6.07) is 6.03. The van der Waals surface area contributed by atoms with Crippen LogP contribution in [0.3, 0.4) is 0 Å². The summed E-state index contributed by atoms with van der Waals surface area (Å²) in [6.45, 7) is 3.08. The molecular weight excluding hydrogens is 254 g/mol. The van der Waals surface area contributed by atoms with Crippen molar-refractivity contribution >= 4 is 0 Å². The third-order valence-corrected chi connectivity index (χ3v) is 3.55. The van der Waals surface area contributed by atoms with Gasteiger partial charge in [-0.15, -0.1) is 0 Å². The molecule has 20 heavy (non-hydrogen) atoms. The van der Waals surface area contributed by atoms with Gasteiger partial charge in [-0.1, -0.05) is 25.0 Å². The Morgan fingerprint density at radius 2 is 2.05 bits per heavy atom. The minimum Gasteiger partial charge on any atom is -0.493 e. The highest BCUT2D eigenvalue weighted by atomic mass is 16.5. The van der Waals surface area contributed by atoms with Gasteiger partial charge in [-0.3, -0.25) is 0 Å². The van der Waals surface area contributed by atoms with E-state index in [1.165, 1.54) is 12.8 Å². The molecule has 1 aromatic rings. The van der Waals surface area contributed by atoms with Crippen LogP contribution in [0.15, 0.2) is 18.2 Å². The van der Waals surface area contributed by atoms with Gasteiger partial charge < -0.3 is 19.5 Å². The number of rotatable bonds is 10. The highest BCUT2D eigenvalue weighted by Gasteiger charge is 2.21. The molecule has 1 fully saturated rings. The molecule has 0 aromatic heterocycles. The van der Waals surface area contributed by atoms with Gasteiger partial charge in [0.2, 0.25) is 0 Å². The lowest BCUT2D eigenvalue weighted by atomic mass is 10.2. The van der Waals surface area contributed by atoms with Gasteiger partial charge in [0.1, 0.15) is 0 Å². The summed E-state index contributed by atoms with van der Waals surface area (Å²) in [4.78, 5) is 0. The molecule has 0 atom stereocenters. The third-order valence-electron chi connectivity index (χ3n) is 3.55. The maximum absolute atomic E-state index is 5.97. The molecule has 1 aliphatic rings. The van der Waals surface area contributed by atoms with Crippen LogP contribution in [-0.2, 0) is 11.3 Å². The fraction of sp³-hybridized carbons (Fsp3) is 0.625. The van der Waals surface area contributed by atoms with E-state index in [0.29, 0.717) is 6.61 Å². The maximum atomic E-state index is 5.97. The second kappa shape index (κ2) is 8.12. The van der Waals surface area contributed by atoms with Crippen LogP contribution >= 0.6 is 0 Å². The Bertz CT molecular complexity index is 405. The summed E-state index contributed by atoms with van der Waals surface area (Å²) >= 11 is 0. The molecule has 0 amide bonds. The number of benzene rings is 1. The molecular formula is C16H25NO3. The van der Waals surface area contributed by atoms with Crippen molar-refractivity contribution < 1.29 is 14.2 Å². The van der Waals surface area contributed by atoms with E-state index in [4.69, 9.17) is 14.2 Å². The molecule has 4 nitrogen and oxygen atoms in total. The van der Waals surface area contributed by atoms with Crippen molar-refractivity contribution in [3.63, 3.8) is 0 Å². The molecule has 1 saturated carbocycles. The lowest BCUT2D eigenvalue weighted by Crippen LogP contribution is -2.19. The Kier molecular flexibility index (Phi) is 6.15. The fourth-order valence-electron chi connectivity index (χ4n) is 2.16. The van der Waals surface area contributed by atoms with Crippen molar-refractivity contribution in [1.29, 1.82) is 0 Å². The first kappa shape index (κ1) is 15.1. The molecule has 0 spiro atoms. The SMILES string of the molecule is COCCNCc1cccc(OC)c1OCCC1CC1. The summed E-state index contributed by atoms with van der Waals surface area (Å²) in [5.74, 6) is 2.57. The van der Waals surface area contributed by atoms with E-state index >= 15 is 0 Å². The second-order valence-electron chi connectivity index (χ2n) is 5.20. The first-order valence-electron chi connectivity index (χ1n) is 7.33. The number of methoxy groups -OCH3 is 2. The summed E-state index contributed by atoms with van der Waals surface area (Å²) in [5, 5.41) is 3.35. The van der Waals surface area contributed by atoms with Crippen LogP contribution in [0, 0.1) is 5.92 Å². The Morgan fingerprint density at radius 1 is 1.20 bits per heavy atom. The van der Waals surface area contributed by atoms with E-state index in [1.807, 2.05) is 12.1 Å². The standard InChI is InChI=1S/C16H25NO3/c1-18-11-9-17-12-14-4-3-5-15(19-2)16(14)20-10-8-13-6-7-13/h3-5,13,17H,6-12H2,1-2H3. The lowest BCUT2D eigenvalue weighted by Gasteiger charge is -2.15. The third kappa shape index (κ3) is 4.69. The normalized spacial score (nSPS) is 14.3. The molecule has 0 unspecified atom stereocenters. The highest BCUT2D eigenvalue weighted by molar-refractivity contribution is 5.46. The fourth-order valence-corrected chi connectivity index (χ4v) is 2.16. The zero-order valence-corrected chi connectivity index (χ0v) is 12.5. The summed E-state index contributed by atoms with van der Waals surface area (Å²) < 4.78 is 16.4. The van der Waals surface area contributed by atoms with E-state index in [9.17, 15) is 0 Å². The van der Waals surface area contributed by atoms with E-state index in [2.05, 4.69) is 11.4 Å². The van der Waals surface area contributed by atoms with Crippen molar-refractivity contribution in [3.8, 4) is 11.5 Å². The zero-order chi connectivity index (χ0) is 14.2. The summed E-state index contributed by atoms with van der Waals surface area (Å²) in [5.41, 5.74) is 1.14. The smallest absolute Gasteiger partial charge is 0.165 e. The van der Waals surface area contributed by atoms with Crippen LogP contribution in [0.4, 0.5) is 0 Å². The van der Waals surface area contributed by atoms with Crippen LogP contribution in [0.5, 0.6) is 11.5 Å². The van der Waals surface area contributed by atoms with Gasteiger partial charge in [0.15, 0.2) is 11.5 Å². The summed E-state index contributed by atoms with van der Waals surface area (Å²) in [7, 11) is 3.39. The molecule has 0 bridgehead atoms. The second-order valence-corrected chi connectivity index (χ2v) is 5.20. The molecule has 0 radical (unpaired) electrons. The van der Waals surface area contributed by atoms with Crippen LogP contribution in [0.1, 0.15) is 24.8 Å². The average molecular weight is 279 g/mol. The number of hydrogen-bond acceptors (Lipinski definition) is 4. The molecule has 2 rings (SSSR count). The van der Waals surface area contributed by atoms with Gasteiger partial charge in [-0.2, -0.15) is 0 Å². The van der Waals surface area contributed by atoms with E-state index in [-0.39, 0.29) is 0 Å². The number of para-hydroxylation sites is 1. The van der Waals surface area contributed by atoms with E-state index in [1.54, 1.807) is 14.2 Å². The Labute approximate surface area is 121 Å². The molecule has 1 aliphatic carbocycles. The molecule has 1 aromatic carbocycles. The van der Waals surface area contributed by atoms with Crippen molar-refractivity contribution in [2.45, 2.75) is 25.8 Å². The van der Waals surface area contributed by atoms with Gasteiger partial charge in [-0.25, -0.2) is 0 Å². The predicted molar refractivity (Wildman–Crippen MR) is 79.4 cm³/mol. The number of nitrogens with one attached hydrogen (secondary N) is 1. The van der Waals surface area contributed by atoms with Crippen LogP contribution in [-0.4, -0.2) is 34.0 Å². The van der Waals surface area contributed by atoms with E-state index in [0.717, 1.165) is 49.1 Å². The number of ether oxygens (including phenoxy) is 3. The van der Waals surface area contributed by atoms with Crippen molar-refractivity contribution in [2.75, 3.05) is 34.0 Å². The monoisotopic (exact) mass is 279 g/mol. The van der Waals surface area contributed by atoms with Crippen molar-refractivity contribution in [1.82, 2.24) is 5.32 Å². The quantitative estimate of drug-likeness (QED) is 0.668. The van der Waals surface area contributed by atoms with E-state index < -0.39 is 0 Å². The maximum Gasteiger partial charge on any atom is 0.165 e. The van der Waals surface area contributed by atoms with Gasteiger partial charge >= 0.3 is 0 Å². The van der Waals surface area contributed by atoms with Gasteiger partial charge in [0, 0.05) is 25.8 Å². The molecule has 4 heteroatoms. The van der Waals surface area contributed by atoms with Gasteiger partial charge in [-0.05, 0) is 18.4 Å². The Hall–Kier alpha value is -1.26. The van der Waals surface area contributed by atoms with Crippen molar-refractivity contribution in [2.24, 2.45) is 5.92 Å².